The maximum Gasteiger partial charge on any atom is 0.409 e. The molecule has 3 aliphatic heterocycles. The lowest BCUT2D eigenvalue weighted by molar-refractivity contribution is -0.121. The number of benzene rings is 1. The fourth-order valence-corrected chi connectivity index (χ4v) is 7.81. The fraction of sp³-hybridized carbons (Fsp3) is 0.692. The number of likely N-dealkylation sites (tertiary alicyclic amines) is 2. The maximum atomic E-state index is 13.4. The molecule has 3 heterocycles. The molecule has 37 heavy (non-hydrogen) atoms. The van der Waals surface area contributed by atoms with Crippen molar-refractivity contribution in [2.24, 2.45) is 0 Å². The largest absolute Gasteiger partial charge is 0.448 e. The van der Waals surface area contributed by atoms with Gasteiger partial charge in [0, 0.05) is 55.7 Å². The molecular weight excluding hydrogens is 516 g/mol. The van der Waals surface area contributed by atoms with Crippen LogP contribution >= 0.6 is 11.6 Å². The van der Waals surface area contributed by atoms with Gasteiger partial charge in [0.25, 0.3) is 0 Å². The zero-order chi connectivity index (χ0) is 26.6. The first-order valence-corrected chi connectivity index (χ1v) is 15.2. The Morgan fingerprint density at radius 1 is 1.05 bits per heavy atom. The first kappa shape index (κ1) is 28.1. The molecule has 1 aromatic rings. The summed E-state index contributed by atoms with van der Waals surface area (Å²) in [6.45, 7) is 6.85. The molecule has 3 fully saturated rings. The molecule has 3 atom stereocenters. The van der Waals surface area contributed by atoms with Crippen LogP contribution in [0.1, 0.15) is 58.8 Å². The monoisotopic (exact) mass is 554 g/mol. The van der Waals surface area contributed by atoms with Crippen LogP contribution < -0.4 is 5.32 Å². The summed E-state index contributed by atoms with van der Waals surface area (Å²) in [6.07, 6.45) is 5.11. The zero-order valence-electron chi connectivity index (χ0n) is 21.8. The van der Waals surface area contributed by atoms with E-state index in [0.29, 0.717) is 37.0 Å². The van der Waals surface area contributed by atoms with Gasteiger partial charge in [-0.2, -0.15) is 4.31 Å². The van der Waals surface area contributed by atoms with Gasteiger partial charge in [-0.05, 0) is 63.3 Å². The predicted molar refractivity (Wildman–Crippen MR) is 142 cm³/mol. The Labute approximate surface area is 225 Å². The van der Waals surface area contributed by atoms with E-state index in [1.807, 2.05) is 13.8 Å². The van der Waals surface area contributed by atoms with Crippen molar-refractivity contribution in [2.75, 3.05) is 32.8 Å². The molecule has 1 unspecified atom stereocenters. The molecule has 3 aliphatic rings. The third kappa shape index (κ3) is 6.77. The highest BCUT2D eigenvalue weighted by atomic mass is 35.5. The second-order valence-electron chi connectivity index (χ2n) is 10.4. The topological polar surface area (TPSA) is 99.3 Å². The fourth-order valence-electron chi connectivity index (χ4n) is 5.82. The van der Waals surface area contributed by atoms with E-state index < -0.39 is 16.1 Å². The second-order valence-corrected chi connectivity index (χ2v) is 12.7. The van der Waals surface area contributed by atoms with Crippen molar-refractivity contribution in [3.05, 3.63) is 29.3 Å². The van der Waals surface area contributed by atoms with E-state index in [1.165, 1.54) is 16.4 Å². The van der Waals surface area contributed by atoms with Crippen molar-refractivity contribution in [1.82, 2.24) is 19.4 Å². The number of ether oxygens (including phenoxy) is 1. The number of carbonyl (C=O) groups excluding carboxylic acids is 2. The molecule has 0 spiro atoms. The number of sulfonamides is 1. The summed E-state index contributed by atoms with van der Waals surface area (Å²) in [5.41, 5.74) is 0. The van der Waals surface area contributed by atoms with E-state index in [1.54, 1.807) is 17.0 Å². The number of amides is 2. The van der Waals surface area contributed by atoms with Crippen molar-refractivity contribution in [3.63, 3.8) is 0 Å². The highest BCUT2D eigenvalue weighted by Gasteiger charge is 2.39. The number of piperidine rings is 2. The minimum atomic E-state index is -3.74. The SMILES string of the molecule is CCC(=O)NC1CCN(C2CCN(C(=O)OC[C@H]3CCC[C@@H](C)N3S(=O)(=O)c3ccc(Cl)cc3)CC2)C1. The number of halogens is 1. The summed E-state index contributed by atoms with van der Waals surface area (Å²) in [7, 11) is -3.74. The molecule has 3 saturated heterocycles. The van der Waals surface area contributed by atoms with Crippen molar-refractivity contribution < 1.29 is 22.7 Å². The third-order valence-corrected chi connectivity index (χ3v) is 10.2. The van der Waals surface area contributed by atoms with Crippen LogP contribution in [-0.2, 0) is 19.6 Å². The highest BCUT2D eigenvalue weighted by molar-refractivity contribution is 7.89. The van der Waals surface area contributed by atoms with E-state index in [9.17, 15) is 18.0 Å². The van der Waals surface area contributed by atoms with Crippen LogP contribution in [0.25, 0.3) is 0 Å². The van der Waals surface area contributed by atoms with Crippen molar-refractivity contribution >= 4 is 33.6 Å². The molecule has 4 rings (SSSR count). The van der Waals surface area contributed by atoms with E-state index in [4.69, 9.17) is 16.3 Å². The van der Waals surface area contributed by atoms with Gasteiger partial charge in [-0.3, -0.25) is 9.69 Å². The average molecular weight is 555 g/mol. The average Bonchev–Trinajstić information content (AvgIpc) is 3.35. The molecule has 0 radical (unpaired) electrons. The summed E-state index contributed by atoms with van der Waals surface area (Å²) in [4.78, 5) is 28.9. The minimum Gasteiger partial charge on any atom is -0.448 e. The minimum absolute atomic E-state index is 0.0425. The molecule has 11 heteroatoms. The van der Waals surface area contributed by atoms with Crippen LogP contribution in [0.3, 0.4) is 0 Å². The zero-order valence-corrected chi connectivity index (χ0v) is 23.3. The quantitative estimate of drug-likeness (QED) is 0.554. The standard InChI is InChI=1S/C26H39ClN4O5S/c1-3-25(32)28-21-11-14-30(17-21)22-12-15-29(16-13-22)26(33)36-18-23-6-4-5-19(2)31(23)37(34,35)24-9-7-20(27)8-10-24/h7-10,19,21-23H,3-6,11-18H2,1-2H3,(H,28,32)/t19-,21?,23-/m1/s1. The van der Waals surface area contributed by atoms with Gasteiger partial charge < -0.3 is 15.0 Å². The van der Waals surface area contributed by atoms with Crippen LogP contribution in [0.15, 0.2) is 29.2 Å². The van der Waals surface area contributed by atoms with Gasteiger partial charge in [0.2, 0.25) is 15.9 Å². The predicted octanol–water partition coefficient (Wildman–Crippen LogP) is 3.47. The normalized spacial score (nSPS) is 26.2. The van der Waals surface area contributed by atoms with E-state index in [2.05, 4.69) is 10.2 Å². The molecule has 1 aromatic carbocycles. The number of nitrogens with zero attached hydrogens (tertiary/aromatic N) is 3. The molecule has 1 N–H and O–H groups in total. The molecule has 0 aliphatic carbocycles. The molecule has 206 valence electrons. The van der Waals surface area contributed by atoms with Gasteiger partial charge >= 0.3 is 6.09 Å². The molecule has 9 nitrogen and oxygen atoms in total. The number of nitrogens with one attached hydrogen (secondary N) is 1. The summed E-state index contributed by atoms with van der Waals surface area (Å²) in [5, 5.41) is 3.56. The number of hydrogen-bond donors (Lipinski definition) is 1. The first-order chi connectivity index (χ1) is 17.7. The van der Waals surface area contributed by atoms with Crippen LogP contribution in [0.2, 0.25) is 5.02 Å². The smallest absolute Gasteiger partial charge is 0.409 e. The molecule has 0 aromatic heterocycles. The lowest BCUT2D eigenvalue weighted by Crippen LogP contribution is -2.52. The van der Waals surface area contributed by atoms with Crippen LogP contribution in [-0.4, -0.2) is 91.5 Å². The Bertz CT molecular complexity index is 1050. The summed E-state index contributed by atoms with van der Waals surface area (Å²) >= 11 is 5.95. The first-order valence-electron chi connectivity index (χ1n) is 13.4. The van der Waals surface area contributed by atoms with E-state index in [0.717, 1.165) is 45.2 Å². The summed E-state index contributed by atoms with van der Waals surface area (Å²) in [5.74, 6) is 0.0938. The van der Waals surface area contributed by atoms with Crippen molar-refractivity contribution in [2.45, 2.75) is 87.9 Å². The van der Waals surface area contributed by atoms with Gasteiger partial charge in [-0.15, -0.1) is 0 Å². The van der Waals surface area contributed by atoms with E-state index >= 15 is 0 Å². The lowest BCUT2D eigenvalue weighted by atomic mass is 10.0. The lowest BCUT2D eigenvalue weighted by Gasteiger charge is -2.40. The van der Waals surface area contributed by atoms with Crippen molar-refractivity contribution in [1.29, 1.82) is 0 Å². The van der Waals surface area contributed by atoms with Crippen LogP contribution in [0, 0.1) is 0 Å². The van der Waals surface area contributed by atoms with Crippen LogP contribution in [0.5, 0.6) is 0 Å². The van der Waals surface area contributed by atoms with E-state index in [-0.39, 0.29) is 35.6 Å². The molecule has 0 bridgehead atoms. The number of rotatable bonds is 7. The second kappa shape index (κ2) is 12.3. The number of carbonyl (C=O) groups is 2. The molecule has 0 saturated carbocycles. The van der Waals surface area contributed by atoms with Gasteiger partial charge in [-0.25, -0.2) is 13.2 Å². The summed E-state index contributed by atoms with van der Waals surface area (Å²) < 4.78 is 34.1. The Hall–Kier alpha value is -1.88. The third-order valence-electron chi connectivity index (χ3n) is 7.89. The highest BCUT2D eigenvalue weighted by Crippen LogP contribution is 2.31. The molecule has 2 amide bonds. The maximum absolute atomic E-state index is 13.4. The Morgan fingerprint density at radius 3 is 2.43 bits per heavy atom. The van der Waals surface area contributed by atoms with Crippen LogP contribution in [0.4, 0.5) is 4.79 Å². The Balaban J connectivity index is 1.29. The van der Waals surface area contributed by atoms with Crippen molar-refractivity contribution in [3.8, 4) is 0 Å². The van der Waals surface area contributed by atoms with Gasteiger partial charge in [0.05, 0.1) is 10.9 Å². The summed E-state index contributed by atoms with van der Waals surface area (Å²) in [6, 6.07) is 6.22. The van der Waals surface area contributed by atoms with Gasteiger partial charge in [0.1, 0.15) is 6.61 Å². The number of hydrogen-bond acceptors (Lipinski definition) is 6. The van der Waals surface area contributed by atoms with Gasteiger partial charge in [-0.1, -0.05) is 24.9 Å². The van der Waals surface area contributed by atoms with Gasteiger partial charge in [0.15, 0.2) is 0 Å². The Morgan fingerprint density at radius 2 is 1.76 bits per heavy atom. The molecular formula is C26H39ClN4O5S. The Kier molecular flexibility index (Phi) is 9.37.